The summed E-state index contributed by atoms with van der Waals surface area (Å²) in [5.74, 6) is 0.458. The minimum absolute atomic E-state index is 0.0944. The number of hydrogen-bond acceptors (Lipinski definition) is 5. The van der Waals surface area contributed by atoms with Gasteiger partial charge >= 0.3 is 0 Å². The third-order valence-electron chi connectivity index (χ3n) is 5.39. The van der Waals surface area contributed by atoms with Crippen molar-refractivity contribution in [2.45, 2.75) is 37.2 Å². The van der Waals surface area contributed by atoms with Gasteiger partial charge in [-0.25, -0.2) is 13.4 Å². The van der Waals surface area contributed by atoms with Crippen LogP contribution in [0.15, 0.2) is 47.4 Å². The lowest BCUT2D eigenvalue weighted by Gasteiger charge is -2.18. The molecule has 0 N–H and O–H groups in total. The second-order valence-electron chi connectivity index (χ2n) is 7.53. The summed E-state index contributed by atoms with van der Waals surface area (Å²) >= 11 is 0. The molecule has 3 heterocycles. The van der Waals surface area contributed by atoms with Gasteiger partial charge in [-0.3, -0.25) is 4.79 Å². The number of sulfonamides is 1. The van der Waals surface area contributed by atoms with Gasteiger partial charge in [0.05, 0.1) is 11.4 Å². The van der Waals surface area contributed by atoms with Crippen LogP contribution in [0, 0.1) is 6.92 Å². The molecule has 1 aromatic heterocycles. The third-order valence-corrected chi connectivity index (χ3v) is 7.30. The molecule has 2 aliphatic heterocycles. The standard InChI is InChI=1S/C21H25N3O4S/c1-16-5-4-6-20(22-16)28-18-11-14-23(15-18)21(25)17-7-9-19(10-8-17)29(26,27)24-12-2-3-13-24/h4-10,18H,2-3,11-15H2,1H3. The van der Waals surface area contributed by atoms with Crippen LogP contribution in [0.5, 0.6) is 5.88 Å². The van der Waals surface area contributed by atoms with Gasteiger partial charge in [0, 0.05) is 43.4 Å². The molecule has 7 nitrogen and oxygen atoms in total. The van der Waals surface area contributed by atoms with Gasteiger partial charge < -0.3 is 9.64 Å². The summed E-state index contributed by atoms with van der Waals surface area (Å²) in [5, 5.41) is 0. The molecule has 0 spiro atoms. The number of pyridine rings is 1. The molecule has 1 aromatic carbocycles. The number of ether oxygens (including phenoxy) is 1. The van der Waals surface area contributed by atoms with E-state index in [2.05, 4.69) is 4.98 Å². The largest absolute Gasteiger partial charge is 0.472 e. The number of likely N-dealkylation sites (tertiary alicyclic amines) is 1. The van der Waals surface area contributed by atoms with Gasteiger partial charge in [0.2, 0.25) is 15.9 Å². The molecular weight excluding hydrogens is 390 g/mol. The summed E-state index contributed by atoms with van der Waals surface area (Å²) < 4.78 is 32.6. The monoisotopic (exact) mass is 415 g/mol. The van der Waals surface area contributed by atoms with Crippen molar-refractivity contribution in [2.75, 3.05) is 26.2 Å². The molecule has 154 valence electrons. The van der Waals surface area contributed by atoms with Crippen LogP contribution in [-0.4, -0.2) is 60.8 Å². The molecular formula is C21H25N3O4S. The molecule has 0 aliphatic carbocycles. The minimum Gasteiger partial charge on any atom is -0.472 e. The van der Waals surface area contributed by atoms with Crippen molar-refractivity contribution >= 4 is 15.9 Å². The van der Waals surface area contributed by atoms with Crippen LogP contribution in [0.2, 0.25) is 0 Å². The van der Waals surface area contributed by atoms with Crippen molar-refractivity contribution in [3.8, 4) is 5.88 Å². The summed E-state index contributed by atoms with van der Waals surface area (Å²) in [4.78, 5) is 19.1. The lowest BCUT2D eigenvalue weighted by molar-refractivity contribution is 0.0771. The maximum atomic E-state index is 12.8. The fourth-order valence-corrected chi connectivity index (χ4v) is 5.31. The first-order valence-electron chi connectivity index (χ1n) is 9.93. The first-order chi connectivity index (χ1) is 13.9. The molecule has 0 bridgehead atoms. The quantitative estimate of drug-likeness (QED) is 0.750. The third kappa shape index (κ3) is 4.28. The van der Waals surface area contributed by atoms with Gasteiger partial charge in [-0.1, -0.05) is 6.07 Å². The molecule has 1 amide bonds. The number of aromatic nitrogens is 1. The molecule has 8 heteroatoms. The number of carbonyl (C=O) groups is 1. The minimum atomic E-state index is -3.47. The molecule has 2 fully saturated rings. The fourth-order valence-electron chi connectivity index (χ4n) is 3.79. The Morgan fingerprint density at radius 2 is 1.79 bits per heavy atom. The Morgan fingerprint density at radius 3 is 2.48 bits per heavy atom. The Labute approximate surface area is 171 Å². The second-order valence-corrected chi connectivity index (χ2v) is 9.47. The smallest absolute Gasteiger partial charge is 0.253 e. The molecule has 0 saturated carbocycles. The van der Waals surface area contributed by atoms with E-state index in [0.717, 1.165) is 25.0 Å². The highest BCUT2D eigenvalue weighted by atomic mass is 32.2. The van der Waals surface area contributed by atoms with E-state index >= 15 is 0 Å². The van der Waals surface area contributed by atoms with Gasteiger partial charge in [0.1, 0.15) is 6.10 Å². The normalized spacial score (nSPS) is 20.2. The Morgan fingerprint density at radius 1 is 1.07 bits per heavy atom. The number of hydrogen-bond donors (Lipinski definition) is 0. The zero-order valence-corrected chi connectivity index (χ0v) is 17.3. The average molecular weight is 416 g/mol. The first kappa shape index (κ1) is 19.8. The van der Waals surface area contributed by atoms with Gasteiger partial charge in [0.15, 0.2) is 0 Å². The highest BCUT2D eigenvalue weighted by molar-refractivity contribution is 7.89. The Kier molecular flexibility index (Phi) is 5.56. The summed E-state index contributed by atoms with van der Waals surface area (Å²) in [5.41, 5.74) is 1.37. The van der Waals surface area contributed by atoms with E-state index < -0.39 is 10.0 Å². The zero-order valence-electron chi connectivity index (χ0n) is 16.5. The lowest BCUT2D eigenvalue weighted by Crippen LogP contribution is -2.31. The van der Waals surface area contributed by atoms with Crippen molar-refractivity contribution in [1.82, 2.24) is 14.2 Å². The van der Waals surface area contributed by atoms with E-state index in [1.54, 1.807) is 17.0 Å². The van der Waals surface area contributed by atoms with Gasteiger partial charge in [0.25, 0.3) is 5.91 Å². The lowest BCUT2D eigenvalue weighted by atomic mass is 10.2. The van der Waals surface area contributed by atoms with Crippen molar-refractivity contribution in [1.29, 1.82) is 0 Å². The van der Waals surface area contributed by atoms with Crippen molar-refractivity contribution in [2.24, 2.45) is 0 Å². The molecule has 2 saturated heterocycles. The van der Waals surface area contributed by atoms with E-state index in [1.807, 2.05) is 25.1 Å². The van der Waals surface area contributed by atoms with Crippen LogP contribution < -0.4 is 4.74 Å². The average Bonchev–Trinajstić information content (AvgIpc) is 3.40. The van der Waals surface area contributed by atoms with Crippen molar-refractivity contribution < 1.29 is 17.9 Å². The van der Waals surface area contributed by atoms with Crippen LogP contribution >= 0.6 is 0 Å². The molecule has 29 heavy (non-hydrogen) atoms. The molecule has 1 atom stereocenters. The zero-order chi connectivity index (χ0) is 20.4. The number of nitrogens with zero attached hydrogens (tertiary/aromatic N) is 3. The van der Waals surface area contributed by atoms with Crippen LogP contribution in [0.3, 0.4) is 0 Å². The maximum absolute atomic E-state index is 12.8. The molecule has 1 unspecified atom stereocenters. The van der Waals surface area contributed by atoms with Crippen molar-refractivity contribution in [3.05, 3.63) is 53.7 Å². The SMILES string of the molecule is Cc1cccc(OC2CCN(C(=O)c3ccc(S(=O)(=O)N4CCCC4)cc3)C2)n1. The number of amides is 1. The number of aryl methyl sites for hydroxylation is 1. The molecule has 2 aliphatic rings. The maximum Gasteiger partial charge on any atom is 0.253 e. The van der Waals surface area contributed by atoms with Crippen LogP contribution in [0.1, 0.15) is 35.3 Å². The first-order valence-corrected chi connectivity index (χ1v) is 11.4. The van der Waals surface area contributed by atoms with Crippen LogP contribution in [0.4, 0.5) is 0 Å². The fraction of sp³-hybridized carbons (Fsp3) is 0.429. The predicted octanol–water partition coefficient (Wildman–Crippen LogP) is 2.47. The van der Waals surface area contributed by atoms with E-state index in [0.29, 0.717) is 37.6 Å². The number of carbonyl (C=O) groups excluding carboxylic acids is 1. The molecule has 4 rings (SSSR count). The molecule has 2 aromatic rings. The van der Waals surface area contributed by atoms with Gasteiger partial charge in [-0.05, 0) is 50.1 Å². The topological polar surface area (TPSA) is 79.8 Å². The molecule has 0 radical (unpaired) electrons. The second kappa shape index (κ2) is 8.12. The summed E-state index contributed by atoms with van der Waals surface area (Å²) in [6.45, 7) is 4.12. The Bertz CT molecular complexity index is 985. The highest BCUT2D eigenvalue weighted by Crippen LogP contribution is 2.23. The Balaban J connectivity index is 1.39. The number of benzene rings is 1. The van der Waals surface area contributed by atoms with E-state index in [-0.39, 0.29) is 16.9 Å². The Hall–Kier alpha value is -2.45. The summed E-state index contributed by atoms with van der Waals surface area (Å²) in [6.07, 6.45) is 2.43. The summed E-state index contributed by atoms with van der Waals surface area (Å²) in [6, 6.07) is 11.9. The van der Waals surface area contributed by atoms with E-state index in [1.165, 1.54) is 16.4 Å². The highest BCUT2D eigenvalue weighted by Gasteiger charge is 2.30. The van der Waals surface area contributed by atoms with Crippen LogP contribution in [-0.2, 0) is 10.0 Å². The van der Waals surface area contributed by atoms with Crippen LogP contribution in [0.25, 0.3) is 0 Å². The van der Waals surface area contributed by atoms with Crippen molar-refractivity contribution in [3.63, 3.8) is 0 Å². The van der Waals surface area contributed by atoms with E-state index in [9.17, 15) is 13.2 Å². The predicted molar refractivity (Wildman–Crippen MR) is 108 cm³/mol. The van der Waals surface area contributed by atoms with Gasteiger partial charge in [-0.15, -0.1) is 0 Å². The summed E-state index contributed by atoms with van der Waals surface area (Å²) in [7, 11) is -3.47. The van der Waals surface area contributed by atoms with E-state index in [4.69, 9.17) is 4.74 Å². The number of rotatable bonds is 5. The van der Waals surface area contributed by atoms with Gasteiger partial charge in [-0.2, -0.15) is 4.31 Å².